The summed E-state index contributed by atoms with van der Waals surface area (Å²) in [5.41, 5.74) is 1.63. The predicted molar refractivity (Wildman–Crippen MR) is 75.1 cm³/mol. The van der Waals surface area contributed by atoms with E-state index in [9.17, 15) is 4.79 Å². The number of rotatable bonds is 3. The summed E-state index contributed by atoms with van der Waals surface area (Å²) in [6, 6.07) is 9.23. The number of anilines is 1. The smallest absolute Gasteiger partial charge is 0.256 e. The molecule has 0 aliphatic heterocycles. The molecule has 0 aliphatic rings. The van der Waals surface area contributed by atoms with Crippen molar-refractivity contribution >= 4 is 34.3 Å². The van der Waals surface area contributed by atoms with Gasteiger partial charge in [-0.25, -0.2) is 0 Å². The van der Waals surface area contributed by atoms with Crippen molar-refractivity contribution in [3.05, 3.63) is 45.2 Å². The van der Waals surface area contributed by atoms with Crippen LogP contribution in [0.5, 0.6) is 0 Å². The first-order chi connectivity index (χ1) is 8.19. The first-order valence-corrected chi connectivity index (χ1v) is 6.38. The number of carbonyl (C=O) groups is 1. The molecular formula is C12H12IN3O. The highest BCUT2D eigenvalue weighted by Gasteiger charge is 2.07. The number of aromatic nitrogens is 2. The zero-order chi connectivity index (χ0) is 12.3. The maximum atomic E-state index is 11.9. The molecule has 2 N–H and O–H groups in total. The van der Waals surface area contributed by atoms with Gasteiger partial charge in [0.25, 0.3) is 5.91 Å². The average molecular weight is 341 g/mol. The fraction of sp³-hybridized carbons (Fsp3) is 0.167. The number of halogens is 1. The molecule has 2 aromatic rings. The summed E-state index contributed by atoms with van der Waals surface area (Å²) in [7, 11) is 0. The lowest BCUT2D eigenvalue weighted by molar-refractivity contribution is 0.102. The molecule has 2 rings (SSSR count). The Kier molecular flexibility index (Phi) is 3.78. The Bertz CT molecular complexity index is 519. The number of amides is 1. The molecule has 0 saturated carbocycles. The standard InChI is InChI=1S/C12H12IN3O/c1-2-10-7-11(16-15-10)14-12(17)8-3-5-9(13)6-4-8/h3-7H,2H2,1H3,(H2,14,15,16,17). The van der Waals surface area contributed by atoms with Crippen LogP contribution in [-0.4, -0.2) is 16.1 Å². The minimum absolute atomic E-state index is 0.143. The maximum absolute atomic E-state index is 11.9. The van der Waals surface area contributed by atoms with Crippen molar-refractivity contribution in [3.8, 4) is 0 Å². The molecule has 0 saturated heterocycles. The number of hydrogen-bond acceptors (Lipinski definition) is 2. The number of H-pyrrole nitrogens is 1. The molecule has 0 spiro atoms. The van der Waals surface area contributed by atoms with Gasteiger partial charge < -0.3 is 5.32 Å². The van der Waals surface area contributed by atoms with Crippen molar-refractivity contribution in [1.29, 1.82) is 0 Å². The van der Waals surface area contributed by atoms with Gasteiger partial charge in [0.05, 0.1) is 0 Å². The van der Waals surface area contributed by atoms with Crippen LogP contribution in [0.15, 0.2) is 30.3 Å². The van der Waals surface area contributed by atoms with Gasteiger partial charge in [0.15, 0.2) is 5.82 Å². The second-order valence-electron chi connectivity index (χ2n) is 3.59. The molecule has 17 heavy (non-hydrogen) atoms. The normalized spacial score (nSPS) is 10.2. The van der Waals surface area contributed by atoms with Crippen LogP contribution in [-0.2, 0) is 6.42 Å². The third-order valence-electron chi connectivity index (χ3n) is 2.36. The van der Waals surface area contributed by atoms with Crippen LogP contribution in [0.2, 0.25) is 0 Å². The molecule has 0 fully saturated rings. The monoisotopic (exact) mass is 341 g/mol. The van der Waals surface area contributed by atoms with Crippen LogP contribution in [0.25, 0.3) is 0 Å². The molecule has 1 aromatic carbocycles. The van der Waals surface area contributed by atoms with Gasteiger partial charge in [-0.2, -0.15) is 5.10 Å². The van der Waals surface area contributed by atoms with E-state index in [1.165, 1.54) is 0 Å². The Morgan fingerprint density at radius 1 is 1.41 bits per heavy atom. The molecule has 0 unspecified atom stereocenters. The molecule has 1 heterocycles. The number of aryl methyl sites for hydroxylation is 1. The van der Waals surface area contributed by atoms with Crippen molar-refractivity contribution in [2.24, 2.45) is 0 Å². The fourth-order valence-electron chi connectivity index (χ4n) is 1.40. The Morgan fingerprint density at radius 3 is 2.71 bits per heavy atom. The second-order valence-corrected chi connectivity index (χ2v) is 4.84. The summed E-state index contributed by atoms with van der Waals surface area (Å²) in [5, 5.41) is 9.62. The Morgan fingerprint density at radius 2 is 2.12 bits per heavy atom. The third kappa shape index (κ3) is 3.06. The molecule has 5 heteroatoms. The summed E-state index contributed by atoms with van der Waals surface area (Å²) in [4.78, 5) is 11.9. The van der Waals surface area contributed by atoms with Gasteiger partial charge in [-0.15, -0.1) is 0 Å². The summed E-state index contributed by atoms with van der Waals surface area (Å²) in [5.74, 6) is 0.418. The van der Waals surface area contributed by atoms with Gasteiger partial charge >= 0.3 is 0 Å². The van der Waals surface area contributed by atoms with Crippen molar-refractivity contribution in [2.45, 2.75) is 13.3 Å². The summed E-state index contributed by atoms with van der Waals surface area (Å²) in [6.45, 7) is 2.03. The van der Waals surface area contributed by atoms with Crippen molar-refractivity contribution in [1.82, 2.24) is 10.2 Å². The van der Waals surface area contributed by atoms with E-state index in [0.29, 0.717) is 11.4 Å². The highest BCUT2D eigenvalue weighted by Crippen LogP contribution is 2.10. The van der Waals surface area contributed by atoms with Gasteiger partial charge in [-0.3, -0.25) is 9.89 Å². The SMILES string of the molecule is CCc1cc(NC(=O)c2ccc(I)cc2)n[nH]1. The molecule has 1 aromatic heterocycles. The van der Waals surface area contributed by atoms with Crippen LogP contribution in [0.3, 0.4) is 0 Å². The van der Waals surface area contributed by atoms with Crippen molar-refractivity contribution in [3.63, 3.8) is 0 Å². The maximum Gasteiger partial charge on any atom is 0.256 e. The van der Waals surface area contributed by atoms with E-state index in [1.807, 2.05) is 25.1 Å². The largest absolute Gasteiger partial charge is 0.305 e. The summed E-state index contributed by atoms with van der Waals surface area (Å²) >= 11 is 2.20. The van der Waals surface area contributed by atoms with Crippen molar-refractivity contribution < 1.29 is 4.79 Å². The van der Waals surface area contributed by atoms with Gasteiger partial charge in [0.1, 0.15) is 0 Å². The van der Waals surface area contributed by atoms with Gasteiger partial charge in [-0.1, -0.05) is 6.92 Å². The lowest BCUT2D eigenvalue weighted by Crippen LogP contribution is -2.11. The number of aromatic amines is 1. The zero-order valence-electron chi connectivity index (χ0n) is 9.33. The molecule has 88 valence electrons. The fourth-order valence-corrected chi connectivity index (χ4v) is 1.76. The van der Waals surface area contributed by atoms with Crippen LogP contribution in [0.4, 0.5) is 5.82 Å². The highest BCUT2D eigenvalue weighted by atomic mass is 127. The average Bonchev–Trinajstić information content (AvgIpc) is 2.77. The van der Waals surface area contributed by atoms with Crippen LogP contribution in [0.1, 0.15) is 23.0 Å². The molecule has 4 nitrogen and oxygen atoms in total. The Balaban J connectivity index is 2.08. The Labute approximate surface area is 113 Å². The van der Waals surface area contributed by atoms with Crippen LogP contribution in [0, 0.1) is 3.57 Å². The summed E-state index contributed by atoms with van der Waals surface area (Å²) in [6.07, 6.45) is 0.867. The third-order valence-corrected chi connectivity index (χ3v) is 3.08. The first kappa shape index (κ1) is 12.1. The van der Waals surface area contributed by atoms with E-state index >= 15 is 0 Å². The minimum atomic E-state index is -0.143. The number of hydrogen-bond donors (Lipinski definition) is 2. The molecule has 0 aliphatic carbocycles. The predicted octanol–water partition coefficient (Wildman–Crippen LogP) is 2.83. The van der Waals surface area contributed by atoms with Gasteiger partial charge in [0, 0.05) is 20.9 Å². The van der Waals surface area contributed by atoms with E-state index in [1.54, 1.807) is 12.1 Å². The first-order valence-electron chi connectivity index (χ1n) is 5.30. The van der Waals surface area contributed by atoms with E-state index in [4.69, 9.17) is 0 Å². The number of nitrogens with zero attached hydrogens (tertiary/aromatic N) is 1. The molecular weight excluding hydrogens is 329 g/mol. The summed E-state index contributed by atoms with van der Waals surface area (Å²) < 4.78 is 1.10. The Hall–Kier alpha value is -1.37. The number of nitrogens with one attached hydrogen (secondary N) is 2. The number of benzene rings is 1. The zero-order valence-corrected chi connectivity index (χ0v) is 11.5. The lowest BCUT2D eigenvalue weighted by atomic mass is 10.2. The van der Waals surface area contributed by atoms with Gasteiger partial charge in [-0.05, 0) is 53.3 Å². The van der Waals surface area contributed by atoms with Crippen LogP contribution < -0.4 is 5.32 Å². The van der Waals surface area contributed by atoms with Crippen molar-refractivity contribution in [2.75, 3.05) is 5.32 Å². The van der Waals surface area contributed by atoms with Crippen LogP contribution >= 0.6 is 22.6 Å². The minimum Gasteiger partial charge on any atom is -0.305 e. The van der Waals surface area contributed by atoms with E-state index < -0.39 is 0 Å². The lowest BCUT2D eigenvalue weighted by Gasteiger charge is -2.01. The number of carbonyl (C=O) groups excluding carboxylic acids is 1. The second kappa shape index (κ2) is 5.31. The van der Waals surface area contributed by atoms with E-state index in [-0.39, 0.29) is 5.91 Å². The quantitative estimate of drug-likeness (QED) is 0.844. The molecule has 0 bridgehead atoms. The van der Waals surface area contributed by atoms with E-state index in [0.717, 1.165) is 15.7 Å². The molecule has 0 atom stereocenters. The van der Waals surface area contributed by atoms with Gasteiger partial charge in [0.2, 0.25) is 0 Å². The van der Waals surface area contributed by atoms with E-state index in [2.05, 4.69) is 38.1 Å². The highest BCUT2D eigenvalue weighted by molar-refractivity contribution is 14.1. The molecule has 1 amide bonds. The topological polar surface area (TPSA) is 57.8 Å². The molecule has 0 radical (unpaired) electrons.